The molecule has 0 unspecified atom stereocenters. The van der Waals surface area contributed by atoms with Gasteiger partial charge in [0.2, 0.25) is 5.89 Å². The van der Waals surface area contributed by atoms with Crippen LogP contribution in [0.25, 0.3) is 22.7 Å². The third-order valence-electron chi connectivity index (χ3n) is 6.03. The molecule has 4 aromatic carbocycles. The standard InChI is InChI=1S/C18H15NO3S.C15H11NO3S/c1-21-18(20)17-11-16(19-23-17)14-7-9-15(10-8-14)22-12-13-5-3-2-4-6-13;17-15-19-14(16-20-15)12-6-8-13(9-7-12)18-10-11-4-2-1-3-5-11/h2-11H,12H2,1H3;1-9H,10H2. The van der Waals surface area contributed by atoms with Crippen molar-refractivity contribution in [3.8, 4) is 34.2 Å². The first-order valence-electron chi connectivity index (χ1n) is 13.1. The van der Waals surface area contributed by atoms with E-state index in [9.17, 15) is 9.59 Å². The fourth-order valence-electron chi connectivity index (χ4n) is 3.81. The second-order valence-corrected chi connectivity index (χ2v) is 10.5. The lowest BCUT2D eigenvalue weighted by Crippen LogP contribution is -1.96. The Morgan fingerprint density at radius 1 is 0.698 bits per heavy atom. The minimum Gasteiger partial charge on any atom is -0.489 e. The summed E-state index contributed by atoms with van der Waals surface area (Å²) in [6.07, 6.45) is 0. The van der Waals surface area contributed by atoms with Crippen molar-refractivity contribution in [1.82, 2.24) is 8.75 Å². The van der Waals surface area contributed by atoms with Crippen LogP contribution < -0.4 is 14.4 Å². The van der Waals surface area contributed by atoms with E-state index in [0.717, 1.165) is 62.5 Å². The number of carbonyl (C=O) groups excluding carboxylic acids is 1. The first-order chi connectivity index (χ1) is 21.1. The monoisotopic (exact) mass is 610 g/mol. The number of hydrogen-bond acceptors (Lipinski definition) is 10. The normalized spacial score (nSPS) is 10.3. The van der Waals surface area contributed by atoms with E-state index in [-0.39, 0.29) is 5.97 Å². The fourth-order valence-corrected chi connectivity index (χ4v) is 4.91. The topological polar surface area (TPSA) is 101 Å². The van der Waals surface area contributed by atoms with Gasteiger partial charge in [0, 0.05) is 11.1 Å². The van der Waals surface area contributed by atoms with Gasteiger partial charge in [-0.2, -0.15) is 4.37 Å². The first-order valence-corrected chi connectivity index (χ1v) is 14.7. The quantitative estimate of drug-likeness (QED) is 0.155. The van der Waals surface area contributed by atoms with E-state index in [4.69, 9.17) is 18.6 Å². The molecule has 6 rings (SSSR count). The van der Waals surface area contributed by atoms with Gasteiger partial charge in [-0.15, -0.1) is 4.37 Å². The summed E-state index contributed by atoms with van der Waals surface area (Å²) >= 11 is 1.94. The van der Waals surface area contributed by atoms with E-state index in [0.29, 0.717) is 24.0 Å². The van der Waals surface area contributed by atoms with Gasteiger partial charge in [-0.25, -0.2) is 9.59 Å². The second kappa shape index (κ2) is 14.7. The summed E-state index contributed by atoms with van der Waals surface area (Å²) < 4.78 is 29.3. The van der Waals surface area contributed by atoms with Crippen molar-refractivity contribution in [3.05, 3.63) is 141 Å². The van der Waals surface area contributed by atoms with E-state index >= 15 is 0 Å². The molecule has 0 radical (unpaired) electrons. The number of carbonyl (C=O) groups is 1. The van der Waals surface area contributed by atoms with Crippen LogP contribution >= 0.6 is 23.1 Å². The molecule has 43 heavy (non-hydrogen) atoms. The lowest BCUT2D eigenvalue weighted by Gasteiger charge is -2.06. The summed E-state index contributed by atoms with van der Waals surface area (Å²) in [7, 11) is 1.36. The summed E-state index contributed by atoms with van der Waals surface area (Å²) in [6.45, 7) is 1.05. The maximum atomic E-state index is 11.5. The Morgan fingerprint density at radius 3 is 1.72 bits per heavy atom. The van der Waals surface area contributed by atoms with Crippen LogP contribution in [0.15, 0.2) is 124 Å². The lowest BCUT2D eigenvalue weighted by atomic mass is 10.1. The van der Waals surface area contributed by atoms with Crippen molar-refractivity contribution in [2.75, 3.05) is 7.11 Å². The largest absolute Gasteiger partial charge is 0.489 e. The van der Waals surface area contributed by atoms with E-state index in [2.05, 4.69) is 8.75 Å². The van der Waals surface area contributed by atoms with Gasteiger partial charge in [0.1, 0.15) is 29.6 Å². The van der Waals surface area contributed by atoms with E-state index in [1.54, 1.807) is 6.07 Å². The zero-order valence-electron chi connectivity index (χ0n) is 23.0. The van der Waals surface area contributed by atoms with Gasteiger partial charge in [0.15, 0.2) is 0 Å². The number of rotatable bonds is 9. The van der Waals surface area contributed by atoms with Gasteiger partial charge in [-0.1, -0.05) is 60.7 Å². The van der Waals surface area contributed by atoms with E-state index in [1.165, 1.54) is 7.11 Å². The molecule has 0 spiro atoms. The molecule has 0 aliphatic carbocycles. The van der Waals surface area contributed by atoms with Crippen LogP contribution in [0, 0.1) is 0 Å². The molecule has 0 aliphatic heterocycles. The Balaban J connectivity index is 0.000000173. The Bertz CT molecular complexity index is 1780. The molecule has 0 aliphatic rings. The SMILES string of the molecule is COC(=O)c1cc(-c2ccc(OCc3ccccc3)cc2)ns1.O=c1oc(-c2ccc(OCc3ccccc3)cc2)ns1. The summed E-state index contributed by atoms with van der Waals surface area (Å²) in [5.41, 5.74) is 4.68. The minimum atomic E-state index is -0.399. The zero-order chi connectivity index (χ0) is 29.9. The maximum absolute atomic E-state index is 11.5. The van der Waals surface area contributed by atoms with Crippen LogP contribution in [-0.4, -0.2) is 21.8 Å². The van der Waals surface area contributed by atoms with Crippen molar-refractivity contribution in [1.29, 1.82) is 0 Å². The van der Waals surface area contributed by atoms with Crippen LogP contribution in [0.4, 0.5) is 0 Å². The molecule has 0 fully saturated rings. The molecule has 0 atom stereocenters. The highest BCUT2D eigenvalue weighted by molar-refractivity contribution is 7.08. The molecule has 2 aromatic heterocycles. The molecular weight excluding hydrogens is 585 g/mol. The molecule has 216 valence electrons. The number of esters is 1. The highest BCUT2D eigenvalue weighted by atomic mass is 32.1. The molecule has 2 heterocycles. The molecule has 10 heteroatoms. The summed E-state index contributed by atoms with van der Waals surface area (Å²) in [4.78, 5) is 22.5. The summed E-state index contributed by atoms with van der Waals surface area (Å²) in [5.74, 6) is 1.53. The number of hydrogen-bond donors (Lipinski definition) is 0. The Hall–Kier alpha value is -5.06. The summed E-state index contributed by atoms with van der Waals surface area (Å²) in [6, 6.07) is 36.6. The highest BCUT2D eigenvalue weighted by Crippen LogP contribution is 2.25. The molecule has 8 nitrogen and oxygen atoms in total. The van der Waals surface area contributed by atoms with Crippen LogP contribution in [0.5, 0.6) is 11.5 Å². The lowest BCUT2D eigenvalue weighted by molar-refractivity contribution is 0.0606. The maximum Gasteiger partial charge on any atom is 0.414 e. The van der Waals surface area contributed by atoms with Gasteiger partial charge in [0.25, 0.3) is 0 Å². The summed E-state index contributed by atoms with van der Waals surface area (Å²) in [5, 5.41) is 0. The predicted molar refractivity (Wildman–Crippen MR) is 167 cm³/mol. The van der Waals surface area contributed by atoms with Crippen LogP contribution in [0.1, 0.15) is 20.8 Å². The average molecular weight is 611 g/mol. The van der Waals surface area contributed by atoms with Crippen molar-refractivity contribution in [2.24, 2.45) is 0 Å². The van der Waals surface area contributed by atoms with Crippen LogP contribution in [0.3, 0.4) is 0 Å². The molecule has 0 amide bonds. The third kappa shape index (κ3) is 8.48. The second-order valence-electron chi connectivity index (χ2n) is 9.01. The Kier molecular flexibility index (Phi) is 10.1. The van der Waals surface area contributed by atoms with Crippen molar-refractivity contribution in [3.63, 3.8) is 0 Å². The molecule has 0 N–H and O–H groups in total. The van der Waals surface area contributed by atoms with E-state index < -0.39 is 4.94 Å². The number of nitrogens with zero attached hydrogens (tertiary/aromatic N) is 2. The first kappa shape index (κ1) is 29.4. The fraction of sp³-hybridized carbons (Fsp3) is 0.0909. The van der Waals surface area contributed by atoms with E-state index in [1.807, 2.05) is 109 Å². The smallest absolute Gasteiger partial charge is 0.414 e. The van der Waals surface area contributed by atoms with Crippen LogP contribution in [-0.2, 0) is 18.0 Å². The van der Waals surface area contributed by atoms with Crippen molar-refractivity contribution in [2.45, 2.75) is 13.2 Å². The molecule has 0 saturated carbocycles. The molecule has 0 bridgehead atoms. The number of aromatic nitrogens is 2. The van der Waals surface area contributed by atoms with Gasteiger partial charge in [-0.3, -0.25) is 0 Å². The highest BCUT2D eigenvalue weighted by Gasteiger charge is 2.12. The Labute approximate surface area is 256 Å². The zero-order valence-corrected chi connectivity index (χ0v) is 24.7. The van der Waals surface area contributed by atoms with Gasteiger partial charge in [0.05, 0.1) is 24.3 Å². The third-order valence-corrected chi connectivity index (χ3v) is 7.29. The van der Waals surface area contributed by atoms with Gasteiger partial charge in [-0.05, 0) is 77.3 Å². The molecule has 0 saturated heterocycles. The predicted octanol–water partition coefficient (Wildman–Crippen LogP) is 7.52. The molecule has 6 aromatic rings. The number of ether oxygens (including phenoxy) is 3. The molecular formula is C33H26N2O6S2. The Morgan fingerprint density at radius 2 is 1.23 bits per heavy atom. The number of benzene rings is 4. The number of methoxy groups -OCH3 is 1. The van der Waals surface area contributed by atoms with Gasteiger partial charge >= 0.3 is 10.9 Å². The van der Waals surface area contributed by atoms with Crippen molar-refractivity contribution < 1.29 is 23.4 Å². The van der Waals surface area contributed by atoms with Gasteiger partial charge < -0.3 is 18.6 Å². The minimum absolute atomic E-state index is 0.342. The van der Waals surface area contributed by atoms with Crippen molar-refractivity contribution >= 4 is 29.0 Å². The average Bonchev–Trinajstić information content (AvgIpc) is 3.74. The van der Waals surface area contributed by atoms with Crippen LogP contribution in [0.2, 0.25) is 0 Å².